The number of hydrogen-bond donors (Lipinski definition) is 2. The number of phosphoric acid groups is 1. The Hall–Kier alpha value is -1.77. The van der Waals surface area contributed by atoms with Gasteiger partial charge in [0, 0.05) is 12.8 Å². The highest BCUT2D eigenvalue weighted by Crippen LogP contribution is 2.43. The number of phosphoric ester groups is 1. The first kappa shape index (κ1) is 76.2. The number of nitrogens with zero attached hydrogens (tertiary/aromatic N) is 1. The minimum atomic E-state index is -4.45. The topological polar surface area (TPSA) is 111 Å². The van der Waals surface area contributed by atoms with Crippen molar-refractivity contribution in [1.29, 1.82) is 0 Å². The van der Waals surface area contributed by atoms with E-state index in [1.807, 2.05) is 33.3 Å². The number of hydrogen-bond acceptors (Lipinski definition) is 6. The van der Waals surface area contributed by atoms with Crippen LogP contribution in [0, 0.1) is 0 Å². The molecule has 0 aliphatic rings. The lowest BCUT2D eigenvalue weighted by Gasteiger charge is -2.27. The fourth-order valence-corrected chi connectivity index (χ4v) is 10.8. The molecule has 0 saturated carbocycles. The zero-order valence-electron chi connectivity index (χ0n) is 52.7. The third-order valence-corrected chi connectivity index (χ3v) is 16.3. The molecule has 0 aromatic rings. The largest absolute Gasteiger partial charge is 0.472 e. The van der Waals surface area contributed by atoms with E-state index in [1.165, 1.54) is 231 Å². The minimum Gasteiger partial charge on any atom is -0.456 e. The van der Waals surface area contributed by atoms with Gasteiger partial charge < -0.3 is 19.4 Å². The van der Waals surface area contributed by atoms with Crippen LogP contribution in [0.15, 0.2) is 36.5 Å². The molecule has 0 aromatic carbocycles. The maximum Gasteiger partial charge on any atom is 0.472 e. The number of quaternary nitrogens is 1. The average molecular weight is 1120 g/mol. The molecule has 3 unspecified atom stereocenters. The number of rotatable bonds is 62. The zero-order valence-corrected chi connectivity index (χ0v) is 53.6. The standard InChI is InChI=1S/C68H131N2O7P/c1-7-10-13-16-19-22-25-28-29-30-31-32-33-34-35-36-37-38-39-40-41-43-45-48-51-54-57-60-67(71)69-65(64-76-78(73,74)75-63-62-70(4,5)6)66(59-56-53-50-47-44-27-24-21-18-15-12-9-3)77-68(72)61-58-55-52-49-46-42-26-23-20-17-14-11-8-2/h28-29,42,46,56,59,65-66H,7-27,30-41,43-45,47-55,57-58,60-64H2,1-6H3,(H-,69,71,73,74)/p+1/b29-28+,46-42-,59-56-. The van der Waals surface area contributed by atoms with Crippen molar-refractivity contribution >= 4 is 19.7 Å². The summed E-state index contributed by atoms with van der Waals surface area (Å²) in [7, 11) is 1.50. The van der Waals surface area contributed by atoms with E-state index in [9.17, 15) is 19.0 Å². The summed E-state index contributed by atoms with van der Waals surface area (Å²) in [5.74, 6) is -0.509. The summed E-state index contributed by atoms with van der Waals surface area (Å²) < 4.78 is 30.7. The molecule has 0 saturated heterocycles. The molecule has 0 aliphatic heterocycles. The molecule has 0 fully saturated rings. The Kier molecular flexibility index (Phi) is 57.1. The third-order valence-electron chi connectivity index (χ3n) is 15.3. The van der Waals surface area contributed by atoms with Crippen LogP contribution in [0.2, 0.25) is 0 Å². The summed E-state index contributed by atoms with van der Waals surface area (Å²) in [5, 5.41) is 3.06. The predicted molar refractivity (Wildman–Crippen MR) is 337 cm³/mol. The molecule has 0 heterocycles. The Morgan fingerprint density at radius 1 is 0.436 bits per heavy atom. The Bertz CT molecular complexity index is 1430. The summed E-state index contributed by atoms with van der Waals surface area (Å²) in [4.78, 5) is 37.7. The van der Waals surface area contributed by atoms with Crippen LogP contribution in [0.4, 0.5) is 0 Å². The molecule has 3 atom stereocenters. The van der Waals surface area contributed by atoms with Gasteiger partial charge in [-0.25, -0.2) is 4.57 Å². The molecule has 78 heavy (non-hydrogen) atoms. The Labute approximate surface area is 485 Å². The van der Waals surface area contributed by atoms with Gasteiger partial charge in [-0.3, -0.25) is 18.6 Å². The van der Waals surface area contributed by atoms with Crippen molar-refractivity contribution < 1.29 is 37.3 Å². The highest BCUT2D eigenvalue weighted by Gasteiger charge is 2.30. The second kappa shape index (κ2) is 58.4. The van der Waals surface area contributed by atoms with Crippen LogP contribution >= 0.6 is 7.82 Å². The molecule has 0 bridgehead atoms. The number of amides is 1. The first-order chi connectivity index (χ1) is 37.9. The Balaban J connectivity index is 4.97. The Morgan fingerprint density at radius 2 is 0.744 bits per heavy atom. The molecule has 0 radical (unpaired) electrons. The third kappa shape index (κ3) is 58.9. The van der Waals surface area contributed by atoms with E-state index in [0.717, 1.165) is 70.6 Å². The lowest BCUT2D eigenvalue weighted by Crippen LogP contribution is -2.47. The van der Waals surface area contributed by atoms with Crippen LogP contribution in [0.5, 0.6) is 0 Å². The zero-order chi connectivity index (χ0) is 57.2. The van der Waals surface area contributed by atoms with Crippen LogP contribution in [0.3, 0.4) is 0 Å². The van der Waals surface area contributed by atoms with Crippen molar-refractivity contribution in [2.75, 3.05) is 40.9 Å². The van der Waals surface area contributed by atoms with Crippen molar-refractivity contribution in [3.63, 3.8) is 0 Å². The lowest BCUT2D eigenvalue weighted by molar-refractivity contribution is -0.870. The normalized spacial score (nSPS) is 13.8. The van der Waals surface area contributed by atoms with Gasteiger partial charge in [0.1, 0.15) is 19.3 Å². The van der Waals surface area contributed by atoms with Gasteiger partial charge in [0.15, 0.2) is 0 Å². The summed E-state index contributed by atoms with van der Waals surface area (Å²) in [5.41, 5.74) is 0. The second-order valence-corrected chi connectivity index (χ2v) is 25.8. The summed E-state index contributed by atoms with van der Waals surface area (Å²) in [6.45, 7) is 7.03. The van der Waals surface area contributed by atoms with Crippen LogP contribution in [-0.2, 0) is 27.9 Å². The van der Waals surface area contributed by atoms with E-state index in [4.69, 9.17) is 13.8 Å². The first-order valence-corrected chi connectivity index (χ1v) is 35.3. The molecule has 2 N–H and O–H groups in total. The number of allylic oxidation sites excluding steroid dienone is 5. The van der Waals surface area contributed by atoms with E-state index in [0.29, 0.717) is 17.4 Å². The molecule has 1 amide bonds. The van der Waals surface area contributed by atoms with Gasteiger partial charge >= 0.3 is 13.8 Å². The monoisotopic (exact) mass is 1120 g/mol. The minimum absolute atomic E-state index is 0.0405. The van der Waals surface area contributed by atoms with E-state index >= 15 is 0 Å². The molecular formula is C68H132N2O7P+. The molecular weight excluding hydrogens is 988 g/mol. The van der Waals surface area contributed by atoms with Gasteiger partial charge in [0.2, 0.25) is 5.91 Å². The van der Waals surface area contributed by atoms with Gasteiger partial charge in [-0.2, -0.15) is 0 Å². The van der Waals surface area contributed by atoms with Crippen molar-refractivity contribution in [2.24, 2.45) is 0 Å². The number of likely N-dealkylation sites (N-methyl/N-ethyl adjacent to an activating group) is 1. The van der Waals surface area contributed by atoms with Crippen molar-refractivity contribution in [2.45, 2.75) is 348 Å². The van der Waals surface area contributed by atoms with Gasteiger partial charge in [-0.05, 0) is 83.1 Å². The molecule has 10 heteroatoms. The van der Waals surface area contributed by atoms with Crippen molar-refractivity contribution in [3.05, 3.63) is 36.5 Å². The fraction of sp³-hybridized carbons (Fsp3) is 0.882. The average Bonchev–Trinajstić information content (AvgIpc) is 3.40. The number of unbranched alkanes of at least 4 members (excludes halogenated alkanes) is 42. The van der Waals surface area contributed by atoms with E-state index in [1.54, 1.807) is 0 Å². The SMILES string of the molecule is CCCCCCCC/C=C\CCCCCC(=O)OC(/C=C\CCCCCCCCCCCC)C(COP(=O)(O)OCC[N+](C)(C)C)NC(=O)CCCCCCCCCCCCCCCCCCC/C=C/CCCCCCCC. The maximum atomic E-state index is 13.6. The molecule has 460 valence electrons. The molecule has 9 nitrogen and oxygen atoms in total. The number of esters is 1. The Morgan fingerprint density at radius 3 is 1.10 bits per heavy atom. The van der Waals surface area contributed by atoms with Crippen LogP contribution in [0.25, 0.3) is 0 Å². The number of carbonyl (C=O) groups is 2. The summed E-state index contributed by atoms with van der Waals surface area (Å²) in [6, 6.07) is -0.850. The van der Waals surface area contributed by atoms with Gasteiger partial charge in [-0.1, -0.05) is 276 Å². The van der Waals surface area contributed by atoms with Crippen LogP contribution in [-0.4, -0.2) is 74.3 Å². The van der Waals surface area contributed by atoms with Gasteiger partial charge in [0.25, 0.3) is 0 Å². The smallest absolute Gasteiger partial charge is 0.456 e. The van der Waals surface area contributed by atoms with Crippen molar-refractivity contribution in [3.8, 4) is 0 Å². The lowest BCUT2D eigenvalue weighted by atomic mass is 10.0. The van der Waals surface area contributed by atoms with Crippen LogP contribution in [0.1, 0.15) is 335 Å². The number of ether oxygens (including phenoxy) is 1. The number of carbonyl (C=O) groups excluding carboxylic acids is 2. The van der Waals surface area contributed by atoms with Gasteiger partial charge in [-0.15, -0.1) is 0 Å². The summed E-state index contributed by atoms with van der Waals surface area (Å²) in [6.07, 6.45) is 71.6. The second-order valence-electron chi connectivity index (χ2n) is 24.3. The predicted octanol–water partition coefficient (Wildman–Crippen LogP) is 21.1. The highest BCUT2D eigenvalue weighted by atomic mass is 31.2. The maximum absolute atomic E-state index is 13.6. The highest BCUT2D eigenvalue weighted by molar-refractivity contribution is 7.47. The fourth-order valence-electron chi connectivity index (χ4n) is 10.0. The van der Waals surface area contributed by atoms with E-state index < -0.39 is 20.0 Å². The molecule has 0 rings (SSSR count). The van der Waals surface area contributed by atoms with E-state index in [-0.39, 0.29) is 31.5 Å². The molecule has 0 aromatic heterocycles. The number of nitrogens with one attached hydrogen (secondary N) is 1. The van der Waals surface area contributed by atoms with E-state index in [2.05, 4.69) is 50.4 Å². The van der Waals surface area contributed by atoms with Crippen molar-refractivity contribution in [1.82, 2.24) is 5.32 Å². The summed E-state index contributed by atoms with van der Waals surface area (Å²) >= 11 is 0. The van der Waals surface area contributed by atoms with Crippen LogP contribution < -0.4 is 5.32 Å². The molecule has 0 aliphatic carbocycles. The van der Waals surface area contributed by atoms with Gasteiger partial charge in [0.05, 0.1) is 33.8 Å². The quantitative estimate of drug-likeness (QED) is 0.0205. The first-order valence-electron chi connectivity index (χ1n) is 33.8. The molecule has 0 spiro atoms.